The normalized spacial score (nSPS) is 28.3. The number of alkyl halides is 1. The molecule has 0 heterocycles. The van der Waals surface area contributed by atoms with E-state index in [9.17, 15) is 4.79 Å². The fraction of sp³-hybridized carbons (Fsp3) is 0.308. The number of ketones is 1. The summed E-state index contributed by atoms with van der Waals surface area (Å²) >= 11 is 3.70. The summed E-state index contributed by atoms with van der Waals surface area (Å²) in [5.74, 6) is 0.620. The molecular formula is C13H11BrO. The Morgan fingerprint density at radius 3 is 2.93 bits per heavy atom. The van der Waals surface area contributed by atoms with Crippen LogP contribution < -0.4 is 0 Å². The Morgan fingerprint density at radius 1 is 1.27 bits per heavy atom. The van der Waals surface area contributed by atoms with Crippen LogP contribution in [0.1, 0.15) is 29.9 Å². The maximum atomic E-state index is 11.8. The third-order valence-electron chi connectivity index (χ3n) is 3.31. The van der Waals surface area contributed by atoms with Gasteiger partial charge in [-0.05, 0) is 23.6 Å². The summed E-state index contributed by atoms with van der Waals surface area (Å²) in [6.45, 7) is 0. The van der Waals surface area contributed by atoms with Crippen LogP contribution >= 0.6 is 15.9 Å². The lowest BCUT2D eigenvalue weighted by Crippen LogP contribution is -2.24. The number of allylic oxidation sites excluding steroid dienone is 1. The topological polar surface area (TPSA) is 17.1 Å². The zero-order chi connectivity index (χ0) is 10.4. The molecule has 2 unspecified atom stereocenters. The molecule has 0 radical (unpaired) electrons. The molecular weight excluding hydrogens is 252 g/mol. The average molecular weight is 263 g/mol. The van der Waals surface area contributed by atoms with Crippen molar-refractivity contribution >= 4 is 27.8 Å². The molecule has 1 nitrogen and oxygen atoms in total. The van der Waals surface area contributed by atoms with E-state index in [4.69, 9.17) is 0 Å². The molecule has 76 valence electrons. The van der Waals surface area contributed by atoms with E-state index in [1.165, 1.54) is 11.1 Å². The number of carbonyl (C=O) groups excluding carboxylic acids is 1. The van der Waals surface area contributed by atoms with Crippen LogP contribution in [0.2, 0.25) is 0 Å². The Hall–Kier alpha value is -0.890. The van der Waals surface area contributed by atoms with Gasteiger partial charge < -0.3 is 0 Å². The van der Waals surface area contributed by atoms with E-state index in [0.717, 1.165) is 12.0 Å². The van der Waals surface area contributed by atoms with E-state index >= 15 is 0 Å². The highest BCUT2D eigenvalue weighted by Gasteiger charge is 2.37. The smallest absolute Gasteiger partial charge is 0.159 e. The molecule has 2 aliphatic rings. The fourth-order valence-corrected chi connectivity index (χ4v) is 3.37. The third kappa shape index (κ3) is 1.31. The van der Waals surface area contributed by atoms with Gasteiger partial charge in [-0.15, -0.1) is 0 Å². The van der Waals surface area contributed by atoms with Gasteiger partial charge >= 0.3 is 0 Å². The minimum atomic E-state index is 0.294. The SMILES string of the molecule is O=C1CCC(Br)C2C1=Cc1ccccc12. The quantitative estimate of drug-likeness (QED) is 0.656. The van der Waals surface area contributed by atoms with Crippen LogP contribution in [0.15, 0.2) is 29.8 Å². The summed E-state index contributed by atoms with van der Waals surface area (Å²) in [6.07, 6.45) is 3.71. The summed E-state index contributed by atoms with van der Waals surface area (Å²) in [4.78, 5) is 12.2. The van der Waals surface area contributed by atoms with Gasteiger partial charge in [0, 0.05) is 22.7 Å². The maximum absolute atomic E-state index is 11.8. The van der Waals surface area contributed by atoms with Crippen molar-refractivity contribution < 1.29 is 4.79 Å². The highest BCUT2D eigenvalue weighted by Crippen LogP contribution is 2.46. The standard InChI is InChI=1S/C13H11BrO/c14-11-5-6-12(15)10-7-8-3-1-2-4-9(8)13(10)11/h1-4,7,11,13H,5-6H2. The van der Waals surface area contributed by atoms with Crippen LogP contribution in [0.4, 0.5) is 0 Å². The molecule has 0 bridgehead atoms. The largest absolute Gasteiger partial charge is 0.295 e. The first-order chi connectivity index (χ1) is 7.27. The first kappa shape index (κ1) is 9.34. The summed E-state index contributed by atoms with van der Waals surface area (Å²) in [7, 11) is 0. The molecule has 2 heteroatoms. The Morgan fingerprint density at radius 2 is 2.07 bits per heavy atom. The Kier molecular flexibility index (Phi) is 2.06. The number of rotatable bonds is 0. The van der Waals surface area contributed by atoms with Crippen molar-refractivity contribution in [1.82, 2.24) is 0 Å². The lowest BCUT2D eigenvalue weighted by molar-refractivity contribution is -0.116. The van der Waals surface area contributed by atoms with E-state index < -0.39 is 0 Å². The molecule has 0 N–H and O–H groups in total. The number of carbonyl (C=O) groups is 1. The molecule has 2 atom stereocenters. The molecule has 1 saturated carbocycles. The van der Waals surface area contributed by atoms with Crippen molar-refractivity contribution in [3.63, 3.8) is 0 Å². The molecule has 1 fully saturated rings. The van der Waals surface area contributed by atoms with Crippen LogP contribution in [0.3, 0.4) is 0 Å². The van der Waals surface area contributed by atoms with Crippen molar-refractivity contribution in [2.45, 2.75) is 23.6 Å². The minimum Gasteiger partial charge on any atom is -0.295 e. The lowest BCUT2D eigenvalue weighted by atomic mass is 9.82. The number of hydrogen-bond donors (Lipinski definition) is 0. The van der Waals surface area contributed by atoms with Gasteiger partial charge in [-0.2, -0.15) is 0 Å². The van der Waals surface area contributed by atoms with Gasteiger partial charge in [-0.1, -0.05) is 40.2 Å². The van der Waals surface area contributed by atoms with E-state index in [0.29, 0.717) is 22.9 Å². The van der Waals surface area contributed by atoms with E-state index in [1.807, 2.05) is 6.07 Å². The summed E-state index contributed by atoms with van der Waals surface area (Å²) < 4.78 is 0. The van der Waals surface area contributed by atoms with Gasteiger partial charge in [-0.25, -0.2) is 0 Å². The summed E-state index contributed by atoms with van der Waals surface area (Å²) in [6, 6.07) is 8.30. The number of hydrogen-bond acceptors (Lipinski definition) is 1. The van der Waals surface area contributed by atoms with Gasteiger partial charge in [0.25, 0.3) is 0 Å². The molecule has 1 aromatic carbocycles. The molecule has 0 aromatic heterocycles. The van der Waals surface area contributed by atoms with Crippen molar-refractivity contribution in [2.24, 2.45) is 0 Å². The van der Waals surface area contributed by atoms with E-state index in [2.05, 4.69) is 40.2 Å². The number of halogens is 1. The number of benzene rings is 1. The number of fused-ring (bicyclic) bond motifs is 3. The molecule has 15 heavy (non-hydrogen) atoms. The second-order valence-electron chi connectivity index (χ2n) is 4.18. The zero-order valence-corrected chi connectivity index (χ0v) is 9.83. The van der Waals surface area contributed by atoms with Crippen molar-refractivity contribution in [3.8, 4) is 0 Å². The van der Waals surface area contributed by atoms with E-state index in [1.54, 1.807) is 0 Å². The number of Topliss-reactive ketones (excluding diaryl/α,β-unsaturated/α-hetero) is 1. The fourth-order valence-electron chi connectivity index (χ4n) is 2.57. The monoisotopic (exact) mass is 262 g/mol. The molecule has 0 aliphatic heterocycles. The maximum Gasteiger partial charge on any atom is 0.159 e. The third-order valence-corrected chi connectivity index (χ3v) is 4.29. The highest BCUT2D eigenvalue weighted by molar-refractivity contribution is 9.09. The summed E-state index contributed by atoms with van der Waals surface area (Å²) in [5, 5.41) is 0. The van der Waals surface area contributed by atoms with Crippen LogP contribution in [-0.4, -0.2) is 10.6 Å². The second-order valence-corrected chi connectivity index (χ2v) is 5.36. The summed E-state index contributed by atoms with van der Waals surface area (Å²) in [5.41, 5.74) is 3.53. The molecule has 0 amide bonds. The zero-order valence-electron chi connectivity index (χ0n) is 8.24. The van der Waals surface area contributed by atoms with Crippen LogP contribution in [0.5, 0.6) is 0 Å². The van der Waals surface area contributed by atoms with Gasteiger partial charge in [0.05, 0.1) is 0 Å². The second kappa shape index (κ2) is 3.31. The van der Waals surface area contributed by atoms with Crippen molar-refractivity contribution in [3.05, 3.63) is 41.0 Å². The predicted molar refractivity (Wildman–Crippen MR) is 64.1 cm³/mol. The highest BCUT2D eigenvalue weighted by atomic mass is 79.9. The molecule has 2 aliphatic carbocycles. The first-order valence-electron chi connectivity index (χ1n) is 5.25. The van der Waals surface area contributed by atoms with Gasteiger partial charge in [0.15, 0.2) is 5.78 Å². The van der Waals surface area contributed by atoms with Crippen molar-refractivity contribution in [2.75, 3.05) is 0 Å². The molecule has 3 rings (SSSR count). The van der Waals surface area contributed by atoms with Crippen LogP contribution in [0.25, 0.3) is 6.08 Å². The first-order valence-corrected chi connectivity index (χ1v) is 6.17. The minimum absolute atomic E-state index is 0.294. The Balaban J connectivity index is 2.15. The lowest BCUT2D eigenvalue weighted by Gasteiger charge is -2.26. The average Bonchev–Trinajstić information content (AvgIpc) is 2.64. The van der Waals surface area contributed by atoms with Gasteiger partial charge in [-0.3, -0.25) is 4.79 Å². The molecule has 0 spiro atoms. The Labute approximate surface area is 97.3 Å². The van der Waals surface area contributed by atoms with Gasteiger partial charge in [0.1, 0.15) is 0 Å². The predicted octanol–water partition coefficient (Wildman–Crippen LogP) is 3.29. The molecule has 0 saturated heterocycles. The molecule has 1 aromatic rings. The van der Waals surface area contributed by atoms with Crippen LogP contribution in [0, 0.1) is 0 Å². The Bertz CT molecular complexity index is 461. The van der Waals surface area contributed by atoms with Crippen LogP contribution in [-0.2, 0) is 4.79 Å². The van der Waals surface area contributed by atoms with Crippen molar-refractivity contribution in [1.29, 1.82) is 0 Å². The van der Waals surface area contributed by atoms with Gasteiger partial charge in [0.2, 0.25) is 0 Å². The van der Waals surface area contributed by atoms with E-state index in [-0.39, 0.29) is 0 Å².